The molecule has 0 saturated heterocycles. The van der Waals surface area contributed by atoms with Crippen molar-refractivity contribution < 1.29 is 4.79 Å². The standard InChI is InChI=1S/C11H12N4O/c1-7-3-5-9(6-4-7)13-11(16)10-12-8(2)14-15-10/h3-6H,1-2H3,(H,13,16)(H,12,14,15). The number of carbonyl (C=O) groups excluding carboxylic acids is 1. The molecule has 0 aliphatic rings. The minimum absolute atomic E-state index is 0.151. The average Bonchev–Trinajstić information content (AvgIpc) is 2.68. The highest BCUT2D eigenvalue weighted by atomic mass is 16.2. The SMILES string of the molecule is Cc1ccc(NC(=O)c2n[nH]c(C)n2)cc1. The number of hydrogen-bond donors (Lipinski definition) is 2. The number of hydrogen-bond acceptors (Lipinski definition) is 3. The van der Waals surface area contributed by atoms with Crippen LogP contribution in [0.15, 0.2) is 24.3 Å². The van der Waals surface area contributed by atoms with Gasteiger partial charge in [-0.3, -0.25) is 9.89 Å². The number of H-pyrrole nitrogens is 1. The first-order chi connectivity index (χ1) is 7.65. The highest BCUT2D eigenvalue weighted by Crippen LogP contribution is 2.09. The minimum Gasteiger partial charge on any atom is -0.319 e. The smallest absolute Gasteiger partial charge is 0.295 e. The molecule has 82 valence electrons. The first-order valence-electron chi connectivity index (χ1n) is 4.92. The Balaban J connectivity index is 2.10. The molecule has 0 unspecified atom stereocenters. The molecule has 0 aliphatic carbocycles. The van der Waals surface area contributed by atoms with Gasteiger partial charge in [-0.05, 0) is 26.0 Å². The van der Waals surface area contributed by atoms with Gasteiger partial charge in [0.05, 0.1) is 0 Å². The third kappa shape index (κ3) is 2.25. The van der Waals surface area contributed by atoms with Gasteiger partial charge in [-0.1, -0.05) is 17.7 Å². The zero-order chi connectivity index (χ0) is 11.5. The lowest BCUT2D eigenvalue weighted by molar-refractivity contribution is 0.101. The lowest BCUT2D eigenvalue weighted by Crippen LogP contribution is -2.13. The van der Waals surface area contributed by atoms with E-state index in [2.05, 4.69) is 20.5 Å². The second kappa shape index (κ2) is 4.14. The first kappa shape index (κ1) is 10.4. The Morgan fingerprint density at radius 1 is 1.25 bits per heavy atom. The molecule has 2 aromatic rings. The van der Waals surface area contributed by atoms with Crippen LogP contribution in [0.2, 0.25) is 0 Å². The van der Waals surface area contributed by atoms with Gasteiger partial charge in [0.25, 0.3) is 5.91 Å². The van der Waals surface area contributed by atoms with E-state index >= 15 is 0 Å². The second-order valence-electron chi connectivity index (χ2n) is 3.56. The zero-order valence-corrected chi connectivity index (χ0v) is 9.11. The van der Waals surface area contributed by atoms with E-state index in [1.54, 1.807) is 6.92 Å². The van der Waals surface area contributed by atoms with E-state index in [0.29, 0.717) is 5.82 Å². The van der Waals surface area contributed by atoms with Crippen LogP contribution in [0.3, 0.4) is 0 Å². The number of aryl methyl sites for hydroxylation is 2. The van der Waals surface area contributed by atoms with Crippen LogP contribution in [0.25, 0.3) is 0 Å². The molecule has 5 heteroatoms. The van der Waals surface area contributed by atoms with Crippen LogP contribution in [-0.2, 0) is 0 Å². The third-order valence-electron chi connectivity index (χ3n) is 2.11. The van der Waals surface area contributed by atoms with E-state index in [-0.39, 0.29) is 11.7 Å². The molecule has 0 radical (unpaired) electrons. The van der Waals surface area contributed by atoms with Crippen LogP contribution in [0.4, 0.5) is 5.69 Å². The number of amides is 1. The van der Waals surface area contributed by atoms with Crippen LogP contribution < -0.4 is 5.32 Å². The van der Waals surface area contributed by atoms with Crippen molar-refractivity contribution in [2.75, 3.05) is 5.32 Å². The fourth-order valence-electron chi connectivity index (χ4n) is 1.27. The van der Waals surface area contributed by atoms with Gasteiger partial charge in [0, 0.05) is 5.69 Å². The first-order valence-corrected chi connectivity index (χ1v) is 4.92. The summed E-state index contributed by atoms with van der Waals surface area (Å²) in [6, 6.07) is 7.54. The number of anilines is 1. The summed E-state index contributed by atoms with van der Waals surface area (Å²) in [6.45, 7) is 3.74. The van der Waals surface area contributed by atoms with Crippen LogP contribution in [0.5, 0.6) is 0 Å². The molecule has 5 nitrogen and oxygen atoms in total. The van der Waals surface area contributed by atoms with Crippen LogP contribution in [0, 0.1) is 13.8 Å². The third-order valence-corrected chi connectivity index (χ3v) is 2.11. The molecule has 0 fully saturated rings. The molecule has 0 atom stereocenters. The Bertz CT molecular complexity index is 501. The van der Waals surface area contributed by atoms with Crippen molar-refractivity contribution >= 4 is 11.6 Å². The monoisotopic (exact) mass is 216 g/mol. The molecular formula is C11H12N4O. The summed E-state index contributed by atoms with van der Waals surface area (Å²) < 4.78 is 0. The van der Waals surface area contributed by atoms with Crippen LogP contribution in [-0.4, -0.2) is 21.1 Å². The number of nitrogens with zero attached hydrogens (tertiary/aromatic N) is 2. The fraction of sp³-hybridized carbons (Fsp3) is 0.182. The van der Waals surface area contributed by atoms with E-state index in [1.807, 2.05) is 31.2 Å². The average molecular weight is 216 g/mol. The summed E-state index contributed by atoms with van der Waals surface area (Å²) in [5.74, 6) is 0.459. The predicted molar refractivity (Wildman–Crippen MR) is 60.3 cm³/mol. The summed E-state index contributed by atoms with van der Waals surface area (Å²) in [4.78, 5) is 15.6. The minimum atomic E-state index is -0.312. The summed E-state index contributed by atoms with van der Waals surface area (Å²) in [5.41, 5.74) is 1.88. The highest BCUT2D eigenvalue weighted by molar-refractivity contribution is 6.01. The van der Waals surface area contributed by atoms with Gasteiger partial charge in [0.15, 0.2) is 0 Å². The number of aromatic amines is 1. The number of benzene rings is 1. The molecule has 0 spiro atoms. The molecule has 2 N–H and O–H groups in total. The number of rotatable bonds is 2. The van der Waals surface area contributed by atoms with Crippen molar-refractivity contribution in [3.63, 3.8) is 0 Å². The summed E-state index contributed by atoms with van der Waals surface area (Å²) in [5, 5.41) is 9.12. The Labute approximate surface area is 92.9 Å². The lowest BCUT2D eigenvalue weighted by Gasteiger charge is -2.02. The normalized spacial score (nSPS) is 10.1. The molecule has 1 heterocycles. The molecule has 0 bridgehead atoms. The number of carbonyl (C=O) groups is 1. The van der Waals surface area contributed by atoms with E-state index in [1.165, 1.54) is 0 Å². The molecule has 0 aliphatic heterocycles. The van der Waals surface area contributed by atoms with E-state index in [9.17, 15) is 4.79 Å². The van der Waals surface area contributed by atoms with E-state index in [4.69, 9.17) is 0 Å². The maximum absolute atomic E-state index is 11.7. The van der Waals surface area contributed by atoms with Crippen molar-refractivity contribution in [2.24, 2.45) is 0 Å². The Hall–Kier alpha value is -2.17. The summed E-state index contributed by atoms with van der Waals surface area (Å²) in [6.07, 6.45) is 0. The fourth-order valence-corrected chi connectivity index (χ4v) is 1.27. The number of aromatic nitrogens is 3. The number of nitrogens with one attached hydrogen (secondary N) is 2. The second-order valence-corrected chi connectivity index (χ2v) is 3.56. The Kier molecular flexibility index (Phi) is 2.68. The van der Waals surface area contributed by atoms with Gasteiger partial charge in [-0.15, -0.1) is 5.10 Å². The summed E-state index contributed by atoms with van der Waals surface area (Å²) in [7, 11) is 0. The van der Waals surface area contributed by atoms with Crippen LogP contribution >= 0.6 is 0 Å². The predicted octanol–water partition coefficient (Wildman–Crippen LogP) is 1.67. The van der Waals surface area contributed by atoms with Crippen molar-refractivity contribution in [3.8, 4) is 0 Å². The van der Waals surface area contributed by atoms with Gasteiger partial charge in [-0.25, -0.2) is 4.98 Å². The lowest BCUT2D eigenvalue weighted by atomic mass is 10.2. The van der Waals surface area contributed by atoms with Gasteiger partial charge in [0.1, 0.15) is 5.82 Å². The Morgan fingerprint density at radius 2 is 1.94 bits per heavy atom. The van der Waals surface area contributed by atoms with Crippen molar-refractivity contribution in [1.29, 1.82) is 0 Å². The largest absolute Gasteiger partial charge is 0.319 e. The maximum atomic E-state index is 11.7. The maximum Gasteiger partial charge on any atom is 0.295 e. The highest BCUT2D eigenvalue weighted by Gasteiger charge is 2.10. The van der Waals surface area contributed by atoms with Crippen molar-refractivity contribution in [1.82, 2.24) is 15.2 Å². The Morgan fingerprint density at radius 3 is 2.50 bits per heavy atom. The summed E-state index contributed by atoms with van der Waals surface area (Å²) >= 11 is 0. The van der Waals surface area contributed by atoms with Gasteiger partial charge < -0.3 is 5.32 Å². The zero-order valence-electron chi connectivity index (χ0n) is 9.11. The molecule has 1 aromatic heterocycles. The van der Waals surface area contributed by atoms with E-state index in [0.717, 1.165) is 11.3 Å². The molecule has 2 rings (SSSR count). The van der Waals surface area contributed by atoms with Gasteiger partial charge in [0.2, 0.25) is 5.82 Å². The molecule has 16 heavy (non-hydrogen) atoms. The van der Waals surface area contributed by atoms with Crippen LogP contribution in [0.1, 0.15) is 22.0 Å². The van der Waals surface area contributed by atoms with Gasteiger partial charge >= 0.3 is 0 Å². The van der Waals surface area contributed by atoms with Gasteiger partial charge in [-0.2, -0.15) is 0 Å². The molecule has 1 aromatic carbocycles. The van der Waals surface area contributed by atoms with Crippen molar-refractivity contribution in [3.05, 3.63) is 41.5 Å². The van der Waals surface area contributed by atoms with E-state index < -0.39 is 0 Å². The molecule has 1 amide bonds. The quantitative estimate of drug-likeness (QED) is 0.802. The van der Waals surface area contributed by atoms with Crippen molar-refractivity contribution in [2.45, 2.75) is 13.8 Å². The molecule has 0 saturated carbocycles. The topological polar surface area (TPSA) is 70.7 Å². The molecular weight excluding hydrogens is 204 g/mol.